The van der Waals surface area contributed by atoms with E-state index in [1.807, 2.05) is 6.92 Å². The van der Waals surface area contributed by atoms with Gasteiger partial charge in [0, 0.05) is 24.2 Å². The molecular weight excluding hydrogens is 296 g/mol. The van der Waals surface area contributed by atoms with Crippen LogP contribution in [0.3, 0.4) is 0 Å². The second kappa shape index (κ2) is 6.28. The van der Waals surface area contributed by atoms with Crippen LogP contribution in [0.15, 0.2) is 12.1 Å². The number of hydrogen-bond acceptors (Lipinski definition) is 5. The number of nitrogens with zero attached hydrogens (tertiary/aromatic N) is 2. The number of halogens is 1. The Morgan fingerprint density at radius 2 is 2.33 bits per heavy atom. The SMILES string of the molecule is CCC1CCCN1C(=O)c1cc(Cl)c(NN)c([N+](=O)[O-])c1. The lowest BCUT2D eigenvalue weighted by Gasteiger charge is -2.23. The van der Waals surface area contributed by atoms with E-state index in [9.17, 15) is 14.9 Å². The van der Waals surface area contributed by atoms with E-state index in [0.717, 1.165) is 19.3 Å². The summed E-state index contributed by atoms with van der Waals surface area (Å²) in [7, 11) is 0. The van der Waals surface area contributed by atoms with E-state index < -0.39 is 4.92 Å². The fourth-order valence-corrected chi connectivity index (χ4v) is 2.96. The monoisotopic (exact) mass is 312 g/mol. The molecule has 7 nitrogen and oxygen atoms in total. The molecule has 0 aliphatic carbocycles. The van der Waals surface area contributed by atoms with Crippen molar-refractivity contribution in [2.45, 2.75) is 32.2 Å². The summed E-state index contributed by atoms with van der Waals surface area (Å²) >= 11 is 5.98. The van der Waals surface area contributed by atoms with Crippen molar-refractivity contribution in [2.75, 3.05) is 12.0 Å². The minimum atomic E-state index is -0.612. The number of hydrazine groups is 1. The molecule has 1 aromatic rings. The van der Waals surface area contributed by atoms with Gasteiger partial charge >= 0.3 is 0 Å². The molecule has 2 rings (SSSR count). The number of nitro groups is 1. The Balaban J connectivity index is 2.40. The lowest BCUT2D eigenvalue weighted by molar-refractivity contribution is -0.384. The molecule has 1 aliphatic heterocycles. The Labute approximate surface area is 127 Å². The number of nitro benzene ring substituents is 1. The van der Waals surface area contributed by atoms with Gasteiger partial charge in [-0.25, -0.2) is 0 Å². The van der Waals surface area contributed by atoms with Crippen molar-refractivity contribution in [3.05, 3.63) is 32.8 Å². The van der Waals surface area contributed by atoms with Crippen LogP contribution in [-0.4, -0.2) is 28.3 Å². The zero-order chi connectivity index (χ0) is 15.6. The van der Waals surface area contributed by atoms with Crippen LogP contribution in [0.2, 0.25) is 5.02 Å². The topological polar surface area (TPSA) is 102 Å². The van der Waals surface area contributed by atoms with Crippen LogP contribution < -0.4 is 11.3 Å². The van der Waals surface area contributed by atoms with Gasteiger partial charge in [-0.2, -0.15) is 0 Å². The minimum Gasteiger partial charge on any atom is -0.336 e. The molecule has 0 bridgehead atoms. The number of carbonyl (C=O) groups excluding carboxylic acids is 1. The van der Waals surface area contributed by atoms with Crippen molar-refractivity contribution in [3.63, 3.8) is 0 Å². The standard InChI is InChI=1S/C13H17ClN4O3/c1-2-9-4-3-5-17(9)13(19)8-6-10(14)12(16-15)11(7-8)18(20)21/h6-7,9,16H,2-5,15H2,1H3. The fraction of sp³-hybridized carbons (Fsp3) is 0.462. The van der Waals surface area contributed by atoms with Crippen LogP contribution in [-0.2, 0) is 0 Å². The first-order valence-corrected chi connectivity index (χ1v) is 7.12. The summed E-state index contributed by atoms with van der Waals surface area (Å²) in [5.41, 5.74) is 2.12. The van der Waals surface area contributed by atoms with Gasteiger partial charge in [-0.3, -0.25) is 20.8 Å². The third-order valence-corrected chi connectivity index (χ3v) is 4.06. The first-order chi connectivity index (χ1) is 9.99. The Bertz CT molecular complexity index is 579. The number of amides is 1. The molecule has 1 fully saturated rings. The number of nitrogens with two attached hydrogens (primary N) is 1. The molecule has 0 spiro atoms. The quantitative estimate of drug-likeness (QED) is 0.505. The average molecular weight is 313 g/mol. The van der Waals surface area contributed by atoms with Crippen molar-refractivity contribution in [1.29, 1.82) is 0 Å². The van der Waals surface area contributed by atoms with E-state index in [-0.39, 0.29) is 33.9 Å². The van der Waals surface area contributed by atoms with Crippen molar-refractivity contribution in [1.82, 2.24) is 4.90 Å². The first-order valence-electron chi connectivity index (χ1n) is 6.75. The van der Waals surface area contributed by atoms with Crippen LogP contribution in [0.25, 0.3) is 0 Å². The van der Waals surface area contributed by atoms with E-state index >= 15 is 0 Å². The molecule has 1 amide bonds. The Hall–Kier alpha value is -1.86. The molecule has 114 valence electrons. The number of likely N-dealkylation sites (tertiary alicyclic amines) is 1. The summed E-state index contributed by atoms with van der Waals surface area (Å²) in [4.78, 5) is 24.8. The number of nitrogens with one attached hydrogen (secondary N) is 1. The van der Waals surface area contributed by atoms with E-state index in [1.165, 1.54) is 12.1 Å². The summed E-state index contributed by atoms with van der Waals surface area (Å²) in [6.07, 6.45) is 2.77. The van der Waals surface area contributed by atoms with Gasteiger partial charge in [-0.1, -0.05) is 18.5 Å². The molecular formula is C13H17ClN4O3. The maximum absolute atomic E-state index is 12.5. The molecule has 8 heteroatoms. The molecule has 21 heavy (non-hydrogen) atoms. The van der Waals surface area contributed by atoms with Crippen molar-refractivity contribution in [2.24, 2.45) is 5.84 Å². The predicted octanol–water partition coefficient (Wildman–Crippen LogP) is 2.55. The molecule has 0 radical (unpaired) electrons. The molecule has 0 aromatic heterocycles. The van der Waals surface area contributed by atoms with Gasteiger partial charge in [0.25, 0.3) is 11.6 Å². The molecule has 1 aromatic carbocycles. The highest BCUT2D eigenvalue weighted by molar-refractivity contribution is 6.34. The molecule has 0 saturated carbocycles. The highest BCUT2D eigenvalue weighted by Crippen LogP contribution is 2.34. The zero-order valence-corrected chi connectivity index (χ0v) is 12.4. The molecule has 1 aliphatic rings. The van der Waals surface area contributed by atoms with Crippen molar-refractivity contribution >= 4 is 28.9 Å². The molecule has 1 saturated heterocycles. The Kier molecular flexibility index (Phi) is 4.64. The fourth-order valence-electron chi connectivity index (χ4n) is 2.70. The zero-order valence-electron chi connectivity index (χ0n) is 11.6. The maximum atomic E-state index is 12.5. The lowest BCUT2D eigenvalue weighted by atomic mass is 10.1. The van der Waals surface area contributed by atoms with Gasteiger partial charge in [-0.05, 0) is 25.3 Å². The summed E-state index contributed by atoms with van der Waals surface area (Å²) < 4.78 is 0. The Morgan fingerprint density at radius 3 is 2.90 bits per heavy atom. The van der Waals surface area contributed by atoms with Gasteiger partial charge in [0.15, 0.2) is 0 Å². The highest BCUT2D eigenvalue weighted by atomic mass is 35.5. The first kappa shape index (κ1) is 15.5. The number of carbonyl (C=O) groups is 1. The lowest BCUT2D eigenvalue weighted by Crippen LogP contribution is -2.35. The van der Waals surface area contributed by atoms with Crippen LogP contribution in [0.4, 0.5) is 11.4 Å². The van der Waals surface area contributed by atoms with Crippen LogP contribution in [0.5, 0.6) is 0 Å². The molecule has 1 atom stereocenters. The molecule has 3 N–H and O–H groups in total. The molecule has 1 heterocycles. The number of anilines is 1. The number of rotatable bonds is 4. The number of benzene rings is 1. The number of hydrogen-bond donors (Lipinski definition) is 2. The summed E-state index contributed by atoms with van der Waals surface area (Å²) in [6.45, 7) is 2.69. The largest absolute Gasteiger partial charge is 0.336 e. The highest BCUT2D eigenvalue weighted by Gasteiger charge is 2.30. The second-order valence-electron chi connectivity index (χ2n) is 4.96. The van der Waals surface area contributed by atoms with Gasteiger partial charge in [0.2, 0.25) is 0 Å². The third-order valence-electron chi connectivity index (χ3n) is 3.77. The van der Waals surface area contributed by atoms with E-state index in [0.29, 0.717) is 6.54 Å². The number of nitrogen functional groups attached to an aromatic ring is 1. The van der Waals surface area contributed by atoms with Crippen LogP contribution >= 0.6 is 11.6 Å². The van der Waals surface area contributed by atoms with Gasteiger partial charge < -0.3 is 10.3 Å². The summed E-state index contributed by atoms with van der Waals surface area (Å²) in [5, 5.41) is 11.1. The Morgan fingerprint density at radius 1 is 1.62 bits per heavy atom. The summed E-state index contributed by atoms with van der Waals surface area (Å²) in [5.74, 6) is 5.02. The van der Waals surface area contributed by atoms with Crippen molar-refractivity contribution in [3.8, 4) is 0 Å². The maximum Gasteiger partial charge on any atom is 0.295 e. The van der Waals surface area contributed by atoms with Crippen molar-refractivity contribution < 1.29 is 9.72 Å². The average Bonchev–Trinajstić information content (AvgIpc) is 2.93. The van der Waals surface area contributed by atoms with Crippen LogP contribution in [0, 0.1) is 10.1 Å². The predicted molar refractivity (Wildman–Crippen MR) is 80.3 cm³/mol. The normalized spacial score (nSPS) is 17.9. The van der Waals surface area contributed by atoms with E-state index in [1.54, 1.807) is 4.90 Å². The summed E-state index contributed by atoms with van der Waals surface area (Å²) in [6, 6.07) is 2.81. The van der Waals surface area contributed by atoms with Crippen LogP contribution in [0.1, 0.15) is 36.5 Å². The third kappa shape index (κ3) is 2.93. The van der Waals surface area contributed by atoms with E-state index in [2.05, 4.69) is 5.43 Å². The van der Waals surface area contributed by atoms with E-state index in [4.69, 9.17) is 17.4 Å². The smallest absolute Gasteiger partial charge is 0.295 e. The van der Waals surface area contributed by atoms with Gasteiger partial charge in [0.05, 0.1) is 9.95 Å². The van der Waals surface area contributed by atoms with Gasteiger partial charge in [0.1, 0.15) is 5.69 Å². The second-order valence-corrected chi connectivity index (χ2v) is 5.36. The van der Waals surface area contributed by atoms with Gasteiger partial charge in [-0.15, -0.1) is 0 Å². The minimum absolute atomic E-state index is 0.00619. The molecule has 1 unspecified atom stereocenters.